The average Bonchev–Trinajstić information content (AvgIpc) is 3.10. The van der Waals surface area contributed by atoms with Crippen LogP contribution in [-0.4, -0.2) is 60.4 Å². The zero-order valence-corrected chi connectivity index (χ0v) is 13.4. The van der Waals surface area contributed by atoms with E-state index in [1.165, 1.54) is 12.1 Å². The number of hydrogen-bond acceptors (Lipinski definition) is 4. The van der Waals surface area contributed by atoms with Crippen molar-refractivity contribution in [3.63, 3.8) is 0 Å². The van der Waals surface area contributed by atoms with Gasteiger partial charge in [0.15, 0.2) is 0 Å². The third-order valence-corrected chi connectivity index (χ3v) is 4.00. The highest BCUT2D eigenvalue weighted by molar-refractivity contribution is 5.93. The van der Waals surface area contributed by atoms with E-state index in [0.29, 0.717) is 17.9 Å². The second kappa shape index (κ2) is 8.03. The van der Waals surface area contributed by atoms with Crippen LogP contribution in [0.4, 0.5) is 4.39 Å². The third kappa shape index (κ3) is 4.39. The normalized spacial score (nSPS) is 15.4. The van der Waals surface area contributed by atoms with Crippen LogP contribution in [0, 0.1) is 5.82 Å². The number of ether oxygens (including phenoxy) is 1. The van der Waals surface area contributed by atoms with E-state index in [0.717, 1.165) is 44.8 Å². The zero-order chi connectivity index (χ0) is 16.8. The first-order valence-electron chi connectivity index (χ1n) is 8.12. The van der Waals surface area contributed by atoms with Crippen LogP contribution in [0.2, 0.25) is 0 Å². The largest absolute Gasteiger partial charge is 0.379 e. The molecule has 7 heteroatoms. The molecular formula is C17H21FN4O2. The lowest BCUT2D eigenvalue weighted by molar-refractivity contribution is 0.0374. The number of aromatic nitrogens is 2. The summed E-state index contributed by atoms with van der Waals surface area (Å²) in [7, 11) is 0. The Labute approximate surface area is 140 Å². The Kier molecular flexibility index (Phi) is 5.55. The second-order valence-electron chi connectivity index (χ2n) is 5.74. The minimum absolute atomic E-state index is 0.183. The maximum Gasteiger partial charge on any atom is 0.269 e. The molecule has 3 rings (SSSR count). The van der Waals surface area contributed by atoms with Gasteiger partial charge < -0.3 is 10.1 Å². The lowest BCUT2D eigenvalue weighted by Gasteiger charge is -2.26. The van der Waals surface area contributed by atoms with E-state index < -0.39 is 0 Å². The number of benzene rings is 1. The second-order valence-corrected chi connectivity index (χ2v) is 5.74. The van der Waals surface area contributed by atoms with Gasteiger partial charge in [-0.2, -0.15) is 5.10 Å². The van der Waals surface area contributed by atoms with Gasteiger partial charge in [0.2, 0.25) is 0 Å². The summed E-state index contributed by atoms with van der Waals surface area (Å²) in [5, 5.41) is 9.72. The molecule has 24 heavy (non-hydrogen) atoms. The highest BCUT2D eigenvalue weighted by atomic mass is 19.1. The lowest BCUT2D eigenvalue weighted by atomic mass is 10.1. The van der Waals surface area contributed by atoms with Gasteiger partial charge in [-0.1, -0.05) is 0 Å². The van der Waals surface area contributed by atoms with Crippen LogP contribution < -0.4 is 5.32 Å². The van der Waals surface area contributed by atoms with Crippen molar-refractivity contribution in [1.82, 2.24) is 20.4 Å². The van der Waals surface area contributed by atoms with Gasteiger partial charge in [-0.25, -0.2) is 4.39 Å². The van der Waals surface area contributed by atoms with Crippen LogP contribution in [0.25, 0.3) is 11.3 Å². The van der Waals surface area contributed by atoms with Crippen LogP contribution >= 0.6 is 0 Å². The Morgan fingerprint density at radius 1 is 1.29 bits per heavy atom. The van der Waals surface area contributed by atoms with Crippen molar-refractivity contribution < 1.29 is 13.9 Å². The smallest absolute Gasteiger partial charge is 0.269 e. The molecule has 1 fully saturated rings. The number of aromatic amines is 1. The highest BCUT2D eigenvalue weighted by Gasteiger charge is 2.12. The zero-order valence-electron chi connectivity index (χ0n) is 13.4. The Hall–Kier alpha value is -2.25. The van der Waals surface area contributed by atoms with Crippen molar-refractivity contribution in [2.24, 2.45) is 0 Å². The minimum Gasteiger partial charge on any atom is -0.379 e. The molecule has 0 atom stereocenters. The van der Waals surface area contributed by atoms with Crippen LogP contribution in [0.1, 0.15) is 16.9 Å². The SMILES string of the molecule is O=C(NCCCN1CCOCC1)c1cc(-c2ccc(F)cc2)n[nH]1. The van der Waals surface area contributed by atoms with E-state index in [1.54, 1.807) is 18.2 Å². The first-order chi connectivity index (χ1) is 11.7. The van der Waals surface area contributed by atoms with Gasteiger partial charge in [0.05, 0.1) is 18.9 Å². The van der Waals surface area contributed by atoms with Crippen molar-refractivity contribution in [3.05, 3.63) is 41.8 Å². The summed E-state index contributed by atoms with van der Waals surface area (Å²) in [6, 6.07) is 7.68. The molecule has 128 valence electrons. The van der Waals surface area contributed by atoms with Gasteiger partial charge in [-0.05, 0) is 43.3 Å². The summed E-state index contributed by atoms with van der Waals surface area (Å²) in [6.45, 7) is 5.04. The van der Waals surface area contributed by atoms with E-state index in [4.69, 9.17) is 4.74 Å². The molecule has 0 spiro atoms. The molecule has 1 amide bonds. The fourth-order valence-corrected chi connectivity index (χ4v) is 2.63. The fourth-order valence-electron chi connectivity index (χ4n) is 2.63. The van der Waals surface area contributed by atoms with Crippen LogP contribution in [-0.2, 0) is 4.74 Å². The van der Waals surface area contributed by atoms with Crippen molar-refractivity contribution in [2.75, 3.05) is 39.4 Å². The molecule has 1 saturated heterocycles. The average molecular weight is 332 g/mol. The summed E-state index contributed by atoms with van der Waals surface area (Å²) in [5.41, 5.74) is 1.79. The van der Waals surface area contributed by atoms with Gasteiger partial charge in [0.25, 0.3) is 5.91 Å². The molecule has 6 nitrogen and oxygen atoms in total. The van der Waals surface area contributed by atoms with E-state index >= 15 is 0 Å². The molecule has 2 heterocycles. The van der Waals surface area contributed by atoms with Crippen LogP contribution in [0.15, 0.2) is 30.3 Å². The maximum atomic E-state index is 12.9. The molecule has 0 radical (unpaired) electrons. The van der Waals surface area contributed by atoms with Crippen LogP contribution in [0.3, 0.4) is 0 Å². The molecule has 2 N–H and O–H groups in total. The molecular weight excluding hydrogens is 311 g/mol. The first kappa shape index (κ1) is 16.6. The number of amides is 1. The Balaban J connectivity index is 1.46. The number of carbonyl (C=O) groups excluding carboxylic acids is 1. The first-order valence-corrected chi connectivity index (χ1v) is 8.12. The number of rotatable bonds is 6. The van der Waals surface area contributed by atoms with E-state index in [9.17, 15) is 9.18 Å². The number of nitrogens with zero attached hydrogens (tertiary/aromatic N) is 2. The number of halogens is 1. The molecule has 0 unspecified atom stereocenters. The maximum absolute atomic E-state index is 12.9. The van der Waals surface area contributed by atoms with E-state index in [1.807, 2.05) is 0 Å². The topological polar surface area (TPSA) is 70.2 Å². The monoisotopic (exact) mass is 332 g/mol. The summed E-state index contributed by atoms with van der Waals surface area (Å²) in [6.07, 6.45) is 0.894. The lowest BCUT2D eigenvalue weighted by Crippen LogP contribution is -2.38. The van der Waals surface area contributed by atoms with E-state index in [2.05, 4.69) is 20.4 Å². The predicted molar refractivity (Wildman–Crippen MR) is 88.2 cm³/mol. The van der Waals surface area contributed by atoms with Crippen molar-refractivity contribution in [3.8, 4) is 11.3 Å². The quantitative estimate of drug-likeness (QED) is 0.790. The van der Waals surface area contributed by atoms with Crippen LogP contribution in [0.5, 0.6) is 0 Å². The summed E-state index contributed by atoms with van der Waals surface area (Å²) < 4.78 is 18.2. The molecule has 0 bridgehead atoms. The molecule has 0 aliphatic carbocycles. The molecule has 0 saturated carbocycles. The number of hydrogen-bond donors (Lipinski definition) is 2. The molecule has 1 aromatic carbocycles. The van der Waals surface area contributed by atoms with Crippen molar-refractivity contribution in [2.45, 2.75) is 6.42 Å². The number of nitrogens with one attached hydrogen (secondary N) is 2. The summed E-state index contributed by atoms with van der Waals surface area (Å²) >= 11 is 0. The van der Waals surface area contributed by atoms with Crippen molar-refractivity contribution >= 4 is 5.91 Å². The number of carbonyl (C=O) groups is 1. The third-order valence-electron chi connectivity index (χ3n) is 4.00. The standard InChI is InChI=1S/C17H21FN4O2/c18-14-4-2-13(3-5-14)15-12-16(21-20-15)17(23)19-6-1-7-22-8-10-24-11-9-22/h2-5,12H,1,6-11H2,(H,19,23)(H,20,21). The Bertz CT molecular complexity index is 665. The van der Waals surface area contributed by atoms with E-state index in [-0.39, 0.29) is 11.7 Å². The fraction of sp³-hybridized carbons (Fsp3) is 0.412. The predicted octanol–water partition coefficient (Wildman–Crippen LogP) is 1.67. The van der Waals surface area contributed by atoms with Gasteiger partial charge in [-0.3, -0.25) is 14.8 Å². The summed E-state index contributed by atoms with van der Waals surface area (Å²) in [4.78, 5) is 14.5. The highest BCUT2D eigenvalue weighted by Crippen LogP contribution is 2.17. The Morgan fingerprint density at radius 3 is 2.79 bits per heavy atom. The molecule has 1 aromatic heterocycles. The minimum atomic E-state index is -0.299. The Morgan fingerprint density at radius 2 is 2.04 bits per heavy atom. The van der Waals surface area contributed by atoms with Gasteiger partial charge in [0.1, 0.15) is 11.5 Å². The van der Waals surface area contributed by atoms with Gasteiger partial charge in [-0.15, -0.1) is 0 Å². The molecule has 2 aromatic rings. The molecule has 1 aliphatic heterocycles. The van der Waals surface area contributed by atoms with Crippen molar-refractivity contribution in [1.29, 1.82) is 0 Å². The number of morpholine rings is 1. The summed E-state index contributed by atoms with van der Waals surface area (Å²) in [5.74, 6) is -0.481. The van der Waals surface area contributed by atoms with Gasteiger partial charge in [0, 0.05) is 25.2 Å². The van der Waals surface area contributed by atoms with Gasteiger partial charge >= 0.3 is 0 Å². The number of H-pyrrole nitrogens is 1. The molecule has 1 aliphatic rings.